The highest BCUT2D eigenvalue weighted by Gasteiger charge is 2.60. The highest BCUT2D eigenvalue weighted by atomic mass is 16.6. The molecule has 1 amide bonds. The molecule has 1 aliphatic rings. The smallest absolute Gasteiger partial charge is 0.412 e. The maximum absolute atomic E-state index is 12.5. The molecule has 140 valence electrons. The van der Waals surface area contributed by atoms with E-state index in [2.05, 4.69) is 35.9 Å². The summed E-state index contributed by atoms with van der Waals surface area (Å²) in [5, 5.41) is 11.2. The van der Waals surface area contributed by atoms with Gasteiger partial charge in [-0.1, -0.05) is 44.2 Å². The van der Waals surface area contributed by atoms with Gasteiger partial charge in [0, 0.05) is 31.3 Å². The number of amides is 1. The van der Waals surface area contributed by atoms with Crippen LogP contribution in [0.2, 0.25) is 0 Å². The molecule has 2 aromatic rings. The number of hydrogen-bond donors (Lipinski definition) is 2. The van der Waals surface area contributed by atoms with E-state index in [9.17, 15) is 9.90 Å². The van der Waals surface area contributed by atoms with Crippen molar-refractivity contribution in [3.63, 3.8) is 0 Å². The number of cyclic esters (lactones) is 1. The first-order valence-electron chi connectivity index (χ1n) is 8.91. The van der Waals surface area contributed by atoms with Crippen LogP contribution in [0.4, 0.5) is 4.79 Å². The number of ether oxygens (including phenoxy) is 1. The third-order valence-electron chi connectivity index (χ3n) is 5.55. The van der Waals surface area contributed by atoms with E-state index >= 15 is 0 Å². The molecule has 6 heteroatoms. The Morgan fingerprint density at radius 1 is 1.27 bits per heavy atom. The summed E-state index contributed by atoms with van der Waals surface area (Å²) in [7, 11) is 0. The Morgan fingerprint density at radius 2 is 1.96 bits per heavy atom. The van der Waals surface area contributed by atoms with Crippen molar-refractivity contribution in [1.82, 2.24) is 14.9 Å². The first-order valence-corrected chi connectivity index (χ1v) is 8.91. The minimum absolute atomic E-state index is 0.264. The number of aromatic nitrogens is 2. The molecule has 2 atom stereocenters. The van der Waals surface area contributed by atoms with Gasteiger partial charge in [-0.3, -0.25) is 4.90 Å². The van der Waals surface area contributed by atoms with Crippen LogP contribution in [0.3, 0.4) is 0 Å². The van der Waals surface area contributed by atoms with Crippen molar-refractivity contribution < 1.29 is 14.6 Å². The second-order valence-corrected chi connectivity index (χ2v) is 8.02. The van der Waals surface area contributed by atoms with Crippen LogP contribution < -0.4 is 0 Å². The largest absolute Gasteiger partial charge is 0.438 e. The fourth-order valence-corrected chi connectivity index (χ4v) is 3.81. The summed E-state index contributed by atoms with van der Waals surface area (Å²) in [6.07, 6.45) is 3.91. The zero-order valence-corrected chi connectivity index (χ0v) is 15.8. The summed E-state index contributed by atoms with van der Waals surface area (Å²) in [4.78, 5) is 20.9. The summed E-state index contributed by atoms with van der Waals surface area (Å²) >= 11 is 0. The number of H-pyrrole nitrogens is 1. The van der Waals surface area contributed by atoms with Gasteiger partial charge in [0.2, 0.25) is 0 Å². The second kappa shape index (κ2) is 6.43. The normalized spacial score (nSPS) is 26.2. The van der Waals surface area contributed by atoms with Crippen molar-refractivity contribution in [3.8, 4) is 0 Å². The number of benzene rings is 1. The molecule has 0 bridgehead atoms. The predicted octanol–water partition coefficient (Wildman–Crippen LogP) is 3.24. The zero-order valence-electron chi connectivity index (χ0n) is 15.8. The average molecular weight is 357 g/mol. The van der Waals surface area contributed by atoms with Crippen molar-refractivity contribution in [2.24, 2.45) is 0 Å². The summed E-state index contributed by atoms with van der Waals surface area (Å²) < 4.78 is 5.72. The van der Waals surface area contributed by atoms with Gasteiger partial charge in [0.1, 0.15) is 0 Å². The van der Waals surface area contributed by atoms with Crippen LogP contribution in [0.1, 0.15) is 45.4 Å². The number of imidazole rings is 1. The topological polar surface area (TPSA) is 78.5 Å². The van der Waals surface area contributed by atoms with Crippen LogP contribution in [0.15, 0.2) is 42.9 Å². The average Bonchev–Trinajstić information content (AvgIpc) is 3.13. The monoisotopic (exact) mass is 357 g/mol. The number of carbonyl (C=O) groups excluding carboxylic acids is 1. The fourth-order valence-electron chi connectivity index (χ4n) is 3.81. The number of aromatic amines is 1. The van der Waals surface area contributed by atoms with E-state index in [0.717, 1.165) is 11.3 Å². The molecule has 0 radical (unpaired) electrons. The van der Waals surface area contributed by atoms with Crippen LogP contribution in [-0.2, 0) is 16.6 Å². The molecule has 1 fully saturated rings. The molecular formula is C20H27N3O3. The third-order valence-corrected chi connectivity index (χ3v) is 5.55. The summed E-state index contributed by atoms with van der Waals surface area (Å²) in [5.41, 5.74) is -0.636. The van der Waals surface area contributed by atoms with Gasteiger partial charge in [-0.05, 0) is 24.8 Å². The van der Waals surface area contributed by atoms with Gasteiger partial charge in [-0.2, -0.15) is 0 Å². The van der Waals surface area contributed by atoms with Crippen LogP contribution in [-0.4, -0.2) is 43.9 Å². The Morgan fingerprint density at radius 3 is 2.58 bits per heavy atom. The van der Waals surface area contributed by atoms with Crippen LogP contribution in [0.5, 0.6) is 0 Å². The molecule has 0 aliphatic carbocycles. The van der Waals surface area contributed by atoms with E-state index in [1.807, 2.05) is 25.1 Å². The highest BCUT2D eigenvalue weighted by molar-refractivity contribution is 5.72. The fraction of sp³-hybridized carbons (Fsp3) is 0.500. The van der Waals surface area contributed by atoms with Gasteiger partial charge < -0.3 is 14.8 Å². The molecule has 6 nitrogen and oxygen atoms in total. The third kappa shape index (κ3) is 3.21. The molecular weight excluding hydrogens is 330 g/mol. The minimum atomic E-state index is -1.41. The van der Waals surface area contributed by atoms with E-state index < -0.39 is 17.4 Å². The summed E-state index contributed by atoms with van der Waals surface area (Å²) in [5.74, 6) is 0. The van der Waals surface area contributed by atoms with E-state index in [1.165, 1.54) is 4.90 Å². The number of nitrogens with one attached hydrogen (secondary N) is 1. The SMILES string of the molecule is CC(C)(C[C@]1(C)OC(=O)N(CCc2cnc[nH]2)[C@]1(C)O)c1ccccc1. The maximum atomic E-state index is 12.5. The van der Waals surface area contributed by atoms with Crippen molar-refractivity contribution in [2.45, 2.75) is 57.3 Å². The Kier molecular flexibility index (Phi) is 4.56. The quantitative estimate of drug-likeness (QED) is 0.832. The Balaban J connectivity index is 1.79. The van der Waals surface area contributed by atoms with Gasteiger partial charge in [-0.25, -0.2) is 9.78 Å². The van der Waals surface area contributed by atoms with Gasteiger partial charge in [0.25, 0.3) is 0 Å². The predicted molar refractivity (Wildman–Crippen MR) is 98.6 cm³/mol. The molecule has 1 saturated heterocycles. The number of hydrogen-bond acceptors (Lipinski definition) is 4. The molecule has 1 aliphatic heterocycles. The molecule has 26 heavy (non-hydrogen) atoms. The lowest BCUT2D eigenvalue weighted by atomic mass is 9.72. The number of carbonyl (C=O) groups is 1. The van der Waals surface area contributed by atoms with E-state index in [0.29, 0.717) is 19.4 Å². The van der Waals surface area contributed by atoms with Gasteiger partial charge in [0.15, 0.2) is 11.3 Å². The van der Waals surface area contributed by atoms with Gasteiger partial charge in [0.05, 0.1) is 6.33 Å². The van der Waals surface area contributed by atoms with Crippen LogP contribution >= 0.6 is 0 Å². The maximum Gasteiger partial charge on any atom is 0.412 e. The van der Waals surface area contributed by atoms with Crippen molar-refractivity contribution in [3.05, 3.63) is 54.1 Å². The molecule has 2 N–H and O–H groups in total. The molecule has 0 unspecified atom stereocenters. The molecule has 3 rings (SSSR count). The van der Waals surface area contributed by atoms with Crippen LogP contribution in [0.25, 0.3) is 0 Å². The number of rotatable bonds is 6. The summed E-state index contributed by atoms with van der Waals surface area (Å²) in [6, 6.07) is 10.1. The first kappa shape index (κ1) is 18.5. The van der Waals surface area contributed by atoms with E-state index in [4.69, 9.17) is 4.74 Å². The lowest BCUT2D eigenvalue weighted by Crippen LogP contribution is -2.57. The molecule has 0 spiro atoms. The molecule has 0 saturated carbocycles. The highest BCUT2D eigenvalue weighted by Crippen LogP contribution is 2.45. The van der Waals surface area contributed by atoms with Crippen molar-refractivity contribution in [2.75, 3.05) is 6.54 Å². The minimum Gasteiger partial charge on any atom is -0.438 e. The standard InChI is InChI=1S/C20H27N3O3/c1-18(2,15-8-6-5-7-9-15)13-19(3)20(4,25)23(17(24)26-19)11-10-16-12-21-14-22-16/h5-9,12,14,25H,10-11,13H2,1-4H3,(H,21,22)/t19-,20+/m0/s1. The number of aliphatic hydroxyl groups is 1. The Hall–Kier alpha value is -2.34. The van der Waals surface area contributed by atoms with Crippen molar-refractivity contribution in [1.29, 1.82) is 0 Å². The van der Waals surface area contributed by atoms with Crippen molar-refractivity contribution >= 4 is 6.09 Å². The lowest BCUT2D eigenvalue weighted by molar-refractivity contribution is -0.145. The van der Waals surface area contributed by atoms with E-state index in [-0.39, 0.29) is 5.41 Å². The lowest BCUT2D eigenvalue weighted by Gasteiger charge is -2.42. The molecule has 1 aromatic carbocycles. The number of nitrogens with zero attached hydrogens (tertiary/aromatic N) is 2. The molecule has 2 heterocycles. The Bertz CT molecular complexity index is 756. The Labute approximate surface area is 154 Å². The van der Waals surface area contributed by atoms with Gasteiger partial charge >= 0.3 is 6.09 Å². The van der Waals surface area contributed by atoms with Gasteiger partial charge in [-0.15, -0.1) is 0 Å². The summed E-state index contributed by atoms with van der Waals surface area (Å²) in [6.45, 7) is 8.03. The van der Waals surface area contributed by atoms with E-state index in [1.54, 1.807) is 19.4 Å². The first-order chi connectivity index (χ1) is 12.2. The van der Waals surface area contributed by atoms with Crippen LogP contribution in [0, 0.1) is 0 Å². The zero-order chi connectivity index (χ0) is 19.0. The molecule has 1 aromatic heterocycles. The second-order valence-electron chi connectivity index (χ2n) is 8.02.